The molecule has 8 heteroatoms. The van der Waals surface area contributed by atoms with Gasteiger partial charge in [0.2, 0.25) is 0 Å². The van der Waals surface area contributed by atoms with E-state index in [4.69, 9.17) is 0 Å². The van der Waals surface area contributed by atoms with E-state index in [0.29, 0.717) is 0 Å². The molecule has 0 aliphatic heterocycles. The Labute approximate surface area is 155 Å². The molecule has 0 saturated heterocycles. The van der Waals surface area contributed by atoms with Crippen molar-refractivity contribution in [1.82, 2.24) is 0 Å². The third kappa shape index (κ3) is 25.7. The van der Waals surface area contributed by atoms with Gasteiger partial charge in [-0.25, -0.2) is 0 Å². The van der Waals surface area contributed by atoms with E-state index in [0.717, 1.165) is 13.1 Å². The van der Waals surface area contributed by atoms with Crippen LogP contribution in [0.25, 0.3) is 0 Å². The normalized spacial score (nSPS) is 14.6. The molecule has 0 aromatic carbocycles. The van der Waals surface area contributed by atoms with Gasteiger partial charge in [-0.1, -0.05) is 59.1 Å². The second-order valence-corrected chi connectivity index (χ2v) is 8.73. The van der Waals surface area contributed by atoms with Gasteiger partial charge in [-0.05, 0) is 31.4 Å². The Morgan fingerprint density at radius 2 is 1.04 bits per heavy atom. The number of unbranched alkanes of at least 4 members (excludes halogenated alkanes) is 6. The summed E-state index contributed by atoms with van der Waals surface area (Å²) in [6, 6.07) is 0. The van der Waals surface area contributed by atoms with Crippen LogP contribution in [0.4, 0.5) is 25.2 Å². The van der Waals surface area contributed by atoms with Crippen LogP contribution < -0.4 is 0 Å². The second kappa shape index (κ2) is 11.3. The Kier molecular flexibility index (Phi) is 12.1. The average Bonchev–Trinajstić information content (AvgIpc) is 2.44. The standard InChI is InChI=1S/C18H36N.F6P/c1-5-9-10-11-12-13-14-18-19(15-6-2,16-7-3)17-8-4;1-7(2,3,4,5)6/h6-7H,2-3,5,8-18H2,1,4H3;/q+1;-1. The zero-order valence-electron chi connectivity index (χ0n) is 16.2. The van der Waals surface area contributed by atoms with Crippen molar-refractivity contribution in [2.45, 2.75) is 65.2 Å². The van der Waals surface area contributed by atoms with Crippen molar-refractivity contribution in [3.63, 3.8) is 0 Å². The number of hydrogen-bond donors (Lipinski definition) is 0. The number of quaternary nitrogens is 1. The molecule has 0 bridgehead atoms. The van der Waals surface area contributed by atoms with Crippen molar-refractivity contribution in [2.24, 2.45) is 0 Å². The summed E-state index contributed by atoms with van der Waals surface area (Å²) in [4.78, 5) is 0. The molecule has 0 amide bonds. The van der Waals surface area contributed by atoms with E-state index in [1.165, 1.54) is 68.9 Å². The molecule has 0 spiro atoms. The molecule has 0 atom stereocenters. The van der Waals surface area contributed by atoms with Gasteiger partial charge in [-0.3, -0.25) is 0 Å². The second-order valence-electron chi connectivity index (χ2n) is 6.81. The minimum absolute atomic E-state index is 1.09. The van der Waals surface area contributed by atoms with Crippen LogP contribution in [0.3, 0.4) is 0 Å². The van der Waals surface area contributed by atoms with Gasteiger partial charge in [0.1, 0.15) is 0 Å². The summed E-state index contributed by atoms with van der Waals surface area (Å²) in [6.07, 6.45) is 15.2. The molecule has 0 saturated carbocycles. The number of hydrogen-bond acceptors (Lipinski definition) is 0. The zero-order chi connectivity index (χ0) is 20.8. The molecule has 0 aromatic rings. The Hall–Kier alpha value is -0.550. The minimum atomic E-state index is -10.7. The molecule has 0 aliphatic rings. The van der Waals surface area contributed by atoms with Gasteiger partial charge in [0, 0.05) is 0 Å². The van der Waals surface area contributed by atoms with Crippen molar-refractivity contribution >= 4 is 7.81 Å². The Balaban J connectivity index is 0. The maximum absolute atomic E-state index is 10.7. The number of nitrogens with zero attached hydrogens (tertiary/aromatic N) is 1. The summed E-state index contributed by atoms with van der Waals surface area (Å²) in [6.45, 7) is 17.2. The molecular formula is C18H36F6NP. The van der Waals surface area contributed by atoms with E-state index in [1.807, 2.05) is 0 Å². The van der Waals surface area contributed by atoms with Gasteiger partial charge in [0.05, 0.1) is 26.2 Å². The van der Waals surface area contributed by atoms with E-state index in [1.54, 1.807) is 0 Å². The molecule has 1 nitrogen and oxygen atoms in total. The molecule has 0 rings (SSSR count). The monoisotopic (exact) mass is 411 g/mol. The van der Waals surface area contributed by atoms with E-state index < -0.39 is 7.81 Å². The molecule has 0 N–H and O–H groups in total. The Bertz CT molecular complexity index is 369. The molecule has 0 aromatic heterocycles. The molecule has 0 heterocycles. The summed E-state index contributed by atoms with van der Waals surface area (Å²) in [5.74, 6) is 0. The van der Waals surface area contributed by atoms with Crippen LogP contribution in [0, 0.1) is 0 Å². The zero-order valence-corrected chi connectivity index (χ0v) is 17.1. The van der Waals surface area contributed by atoms with Gasteiger partial charge in [0.25, 0.3) is 0 Å². The van der Waals surface area contributed by atoms with Crippen molar-refractivity contribution in [3.05, 3.63) is 25.3 Å². The van der Waals surface area contributed by atoms with Crippen molar-refractivity contribution in [2.75, 3.05) is 26.2 Å². The van der Waals surface area contributed by atoms with Gasteiger partial charge in [0.15, 0.2) is 0 Å². The SMILES string of the molecule is C=CC[N+](CC=C)(CCC)CCCCCCCCC.F[P-](F)(F)(F)(F)F. The predicted molar refractivity (Wildman–Crippen MR) is 102 cm³/mol. The summed E-state index contributed by atoms with van der Waals surface area (Å²) >= 11 is 0. The van der Waals surface area contributed by atoms with E-state index in [-0.39, 0.29) is 0 Å². The molecule has 0 fully saturated rings. The molecule has 0 unspecified atom stereocenters. The van der Waals surface area contributed by atoms with Crippen molar-refractivity contribution in [3.8, 4) is 0 Å². The number of halogens is 6. The van der Waals surface area contributed by atoms with E-state index in [2.05, 4.69) is 39.2 Å². The first-order valence-corrected chi connectivity index (χ1v) is 11.4. The summed E-state index contributed by atoms with van der Waals surface area (Å²) < 4.78 is 60.4. The molecule has 26 heavy (non-hydrogen) atoms. The number of rotatable bonds is 14. The maximum atomic E-state index is 9.87. The third-order valence-electron chi connectivity index (χ3n) is 3.97. The van der Waals surface area contributed by atoms with Crippen LogP contribution in [0.15, 0.2) is 25.3 Å². The topological polar surface area (TPSA) is 0 Å². The third-order valence-corrected chi connectivity index (χ3v) is 3.97. The first kappa shape index (κ1) is 27.7. The van der Waals surface area contributed by atoms with E-state index in [9.17, 15) is 25.2 Å². The summed E-state index contributed by atoms with van der Waals surface area (Å²) in [5.41, 5.74) is 0. The average molecular weight is 411 g/mol. The fraction of sp³-hybridized carbons (Fsp3) is 0.778. The first-order chi connectivity index (χ1) is 11.7. The molecule has 0 radical (unpaired) electrons. The van der Waals surface area contributed by atoms with Crippen LogP contribution in [0.5, 0.6) is 0 Å². The summed E-state index contributed by atoms with van der Waals surface area (Å²) in [7, 11) is -10.7. The molecule has 0 aliphatic carbocycles. The molecular weight excluding hydrogens is 375 g/mol. The van der Waals surface area contributed by atoms with Gasteiger partial charge in [-0.15, -0.1) is 0 Å². The van der Waals surface area contributed by atoms with Gasteiger partial charge >= 0.3 is 33.0 Å². The predicted octanol–water partition coefficient (Wildman–Crippen LogP) is 8.72. The fourth-order valence-corrected chi connectivity index (χ4v) is 2.98. The van der Waals surface area contributed by atoms with E-state index >= 15 is 0 Å². The van der Waals surface area contributed by atoms with Crippen LogP contribution in [-0.2, 0) is 0 Å². The van der Waals surface area contributed by atoms with Crippen LogP contribution >= 0.6 is 7.81 Å². The summed E-state index contributed by atoms with van der Waals surface area (Å²) in [5, 5.41) is 0. The van der Waals surface area contributed by atoms with Gasteiger partial charge in [-0.2, -0.15) is 0 Å². The van der Waals surface area contributed by atoms with Crippen LogP contribution in [0.2, 0.25) is 0 Å². The van der Waals surface area contributed by atoms with Gasteiger partial charge < -0.3 is 4.48 Å². The van der Waals surface area contributed by atoms with Crippen molar-refractivity contribution in [1.29, 1.82) is 0 Å². The quantitative estimate of drug-likeness (QED) is 0.0881. The first-order valence-electron chi connectivity index (χ1n) is 9.33. The van der Waals surface area contributed by atoms with Crippen LogP contribution in [0.1, 0.15) is 65.2 Å². The fourth-order valence-electron chi connectivity index (χ4n) is 2.98. The van der Waals surface area contributed by atoms with Crippen molar-refractivity contribution < 1.29 is 29.7 Å². The van der Waals surface area contributed by atoms with Crippen LogP contribution in [-0.4, -0.2) is 30.7 Å². The molecule has 160 valence electrons. The Morgan fingerprint density at radius 1 is 0.654 bits per heavy atom. The Morgan fingerprint density at radius 3 is 1.38 bits per heavy atom.